The summed E-state index contributed by atoms with van der Waals surface area (Å²) in [6.07, 6.45) is 2.09. The molecule has 10 heteroatoms. The van der Waals surface area contributed by atoms with E-state index < -0.39 is 0 Å². The number of methoxy groups -OCH3 is 3. The minimum Gasteiger partial charge on any atom is -0.497 e. The van der Waals surface area contributed by atoms with Gasteiger partial charge in [-0.3, -0.25) is 19.5 Å². The van der Waals surface area contributed by atoms with Crippen molar-refractivity contribution in [2.75, 3.05) is 46.3 Å². The first-order valence-corrected chi connectivity index (χ1v) is 11.4. The lowest BCUT2D eigenvalue weighted by Gasteiger charge is -2.21. The van der Waals surface area contributed by atoms with Gasteiger partial charge in [-0.15, -0.1) is 0 Å². The third-order valence-electron chi connectivity index (χ3n) is 5.27. The standard InChI is InChI=1S/C25H29ClN4O5/c1-5-24(32)29(10-11-33-2)16-23(31)28-25-27-22(17-6-8-18(26)9-7-17)15-30(25)19-12-20(34-3)14-21(13-19)35-4/h6-9,12-15H,5,10-11,16H2,1-4H3,(H,27,28,31). The number of amides is 2. The minimum atomic E-state index is -0.382. The maximum absolute atomic E-state index is 13.0. The van der Waals surface area contributed by atoms with Crippen LogP contribution >= 0.6 is 11.6 Å². The third kappa shape index (κ3) is 6.74. The summed E-state index contributed by atoms with van der Waals surface area (Å²) in [6.45, 7) is 2.27. The molecular weight excluding hydrogens is 472 g/mol. The van der Waals surface area contributed by atoms with Crippen molar-refractivity contribution in [1.82, 2.24) is 14.5 Å². The van der Waals surface area contributed by atoms with E-state index in [1.54, 1.807) is 69.3 Å². The summed E-state index contributed by atoms with van der Waals surface area (Å²) in [5.74, 6) is 0.924. The Morgan fingerprint density at radius 3 is 2.29 bits per heavy atom. The molecule has 0 saturated heterocycles. The van der Waals surface area contributed by atoms with Crippen LogP contribution in [0.5, 0.6) is 11.5 Å². The Labute approximate surface area is 209 Å². The lowest BCUT2D eigenvalue weighted by molar-refractivity contribution is -0.135. The highest BCUT2D eigenvalue weighted by Crippen LogP contribution is 2.30. The van der Waals surface area contributed by atoms with Crippen LogP contribution in [-0.4, -0.2) is 67.3 Å². The SMILES string of the molecule is CCC(=O)N(CCOC)CC(=O)Nc1nc(-c2ccc(Cl)cc2)cn1-c1cc(OC)cc(OC)c1. The lowest BCUT2D eigenvalue weighted by atomic mass is 10.2. The van der Waals surface area contributed by atoms with Gasteiger partial charge in [0.2, 0.25) is 17.8 Å². The number of imidazole rings is 1. The summed E-state index contributed by atoms with van der Waals surface area (Å²) in [6, 6.07) is 12.6. The second kappa shape index (κ2) is 12.2. The molecule has 0 bridgehead atoms. The molecule has 0 aliphatic carbocycles. The smallest absolute Gasteiger partial charge is 0.246 e. The Morgan fingerprint density at radius 1 is 1.06 bits per heavy atom. The maximum Gasteiger partial charge on any atom is 0.246 e. The number of nitrogens with zero attached hydrogens (tertiary/aromatic N) is 3. The Hall–Kier alpha value is -3.56. The molecule has 1 N–H and O–H groups in total. The van der Waals surface area contributed by atoms with Crippen LogP contribution in [0.4, 0.5) is 5.95 Å². The molecule has 0 aliphatic rings. The predicted octanol–water partition coefficient (Wildman–Crippen LogP) is 4.03. The third-order valence-corrected chi connectivity index (χ3v) is 5.52. The quantitative estimate of drug-likeness (QED) is 0.427. The van der Waals surface area contributed by atoms with Crippen molar-refractivity contribution in [3.8, 4) is 28.4 Å². The number of hydrogen-bond acceptors (Lipinski definition) is 6. The predicted molar refractivity (Wildman–Crippen MR) is 134 cm³/mol. The highest BCUT2D eigenvalue weighted by Gasteiger charge is 2.19. The maximum atomic E-state index is 13.0. The van der Waals surface area contributed by atoms with Crippen LogP contribution in [0.15, 0.2) is 48.7 Å². The van der Waals surface area contributed by atoms with Gasteiger partial charge in [0.15, 0.2) is 0 Å². The number of carbonyl (C=O) groups excluding carboxylic acids is 2. The van der Waals surface area contributed by atoms with Crippen LogP contribution in [0.2, 0.25) is 5.02 Å². The van der Waals surface area contributed by atoms with E-state index in [1.807, 2.05) is 12.1 Å². The second-order valence-electron chi connectivity index (χ2n) is 7.61. The second-order valence-corrected chi connectivity index (χ2v) is 8.04. The molecule has 35 heavy (non-hydrogen) atoms. The van der Waals surface area contributed by atoms with Crippen molar-refractivity contribution in [2.45, 2.75) is 13.3 Å². The largest absolute Gasteiger partial charge is 0.497 e. The zero-order chi connectivity index (χ0) is 25.4. The summed E-state index contributed by atoms with van der Waals surface area (Å²) >= 11 is 6.04. The van der Waals surface area contributed by atoms with Gasteiger partial charge < -0.3 is 19.1 Å². The molecule has 0 saturated carbocycles. The fourth-order valence-corrected chi connectivity index (χ4v) is 3.54. The average molecular weight is 501 g/mol. The van der Waals surface area contributed by atoms with Crippen LogP contribution in [-0.2, 0) is 14.3 Å². The monoisotopic (exact) mass is 500 g/mol. The van der Waals surface area contributed by atoms with Gasteiger partial charge in [-0.05, 0) is 12.1 Å². The number of anilines is 1. The Bertz CT molecular complexity index is 1140. The number of halogens is 1. The van der Waals surface area contributed by atoms with E-state index in [-0.39, 0.29) is 30.7 Å². The van der Waals surface area contributed by atoms with Crippen LogP contribution in [0, 0.1) is 0 Å². The van der Waals surface area contributed by atoms with Gasteiger partial charge in [-0.1, -0.05) is 30.7 Å². The minimum absolute atomic E-state index is 0.124. The van der Waals surface area contributed by atoms with E-state index in [1.165, 1.54) is 4.90 Å². The Balaban J connectivity index is 1.98. The molecule has 0 spiro atoms. The van der Waals surface area contributed by atoms with Crippen LogP contribution in [0.3, 0.4) is 0 Å². The van der Waals surface area contributed by atoms with Gasteiger partial charge in [0.1, 0.15) is 18.0 Å². The van der Waals surface area contributed by atoms with Crippen molar-refractivity contribution < 1.29 is 23.8 Å². The fraction of sp³-hybridized carbons (Fsp3) is 0.320. The summed E-state index contributed by atoms with van der Waals surface area (Å²) in [7, 11) is 4.67. The highest BCUT2D eigenvalue weighted by atomic mass is 35.5. The van der Waals surface area contributed by atoms with Crippen molar-refractivity contribution >= 4 is 29.4 Å². The van der Waals surface area contributed by atoms with Crippen molar-refractivity contribution in [3.63, 3.8) is 0 Å². The molecule has 2 amide bonds. The molecule has 0 radical (unpaired) electrons. The number of hydrogen-bond donors (Lipinski definition) is 1. The molecule has 1 heterocycles. The highest BCUT2D eigenvalue weighted by molar-refractivity contribution is 6.30. The van der Waals surface area contributed by atoms with Crippen LogP contribution in [0.25, 0.3) is 16.9 Å². The number of ether oxygens (including phenoxy) is 3. The van der Waals surface area contributed by atoms with E-state index in [0.717, 1.165) is 5.56 Å². The zero-order valence-corrected chi connectivity index (χ0v) is 21.0. The lowest BCUT2D eigenvalue weighted by Crippen LogP contribution is -2.39. The van der Waals surface area contributed by atoms with Crippen molar-refractivity contribution in [2.24, 2.45) is 0 Å². The Morgan fingerprint density at radius 2 is 1.71 bits per heavy atom. The van der Waals surface area contributed by atoms with E-state index in [2.05, 4.69) is 10.3 Å². The number of nitrogens with one attached hydrogen (secondary N) is 1. The molecular formula is C25H29ClN4O5. The van der Waals surface area contributed by atoms with E-state index in [4.69, 9.17) is 25.8 Å². The molecule has 186 valence electrons. The molecule has 0 aliphatic heterocycles. The van der Waals surface area contributed by atoms with Crippen LogP contribution in [0.1, 0.15) is 13.3 Å². The molecule has 9 nitrogen and oxygen atoms in total. The summed E-state index contributed by atoms with van der Waals surface area (Å²) < 4.78 is 17.6. The summed E-state index contributed by atoms with van der Waals surface area (Å²) in [4.78, 5) is 31.4. The number of carbonyl (C=O) groups is 2. The van der Waals surface area contributed by atoms with Gasteiger partial charge in [0.25, 0.3) is 0 Å². The molecule has 3 rings (SSSR count). The van der Waals surface area contributed by atoms with Crippen molar-refractivity contribution in [3.05, 3.63) is 53.7 Å². The Kier molecular flexibility index (Phi) is 9.11. The first-order chi connectivity index (χ1) is 16.9. The normalized spacial score (nSPS) is 10.7. The molecule has 1 aromatic heterocycles. The number of aromatic nitrogens is 2. The fourth-order valence-electron chi connectivity index (χ4n) is 3.41. The van der Waals surface area contributed by atoms with Gasteiger partial charge in [0, 0.05) is 55.1 Å². The van der Waals surface area contributed by atoms with Crippen molar-refractivity contribution in [1.29, 1.82) is 0 Å². The van der Waals surface area contributed by atoms with Gasteiger partial charge in [-0.25, -0.2) is 4.98 Å². The number of rotatable bonds is 11. The molecule has 0 atom stereocenters. The van der Waals surface area contributed by atoms with E-state index in [0.29, 0.717) is 41.1 Å². The molecule has 0 fully saturated rings. The molecule has 2 aromatic carbocycles. The first kappa shape index (κ1) is 26.1. The van der Waals surface area contributed by atoms with Crippen LogP contribution < -0.4 is 14.8 Å². The van der Waals surface area contributed by atoms with Gasteiger partial charge >= 0.3 is 0 Å². The first-order valence-electron chi connectivity index (χ1n) is 11.0. The molecule has 3 aromatic rings. The van der Waals surface area contributed by atoms with E-state index in [9.17, 15) is 9.59 Å². The topological polar surface area (TPSA) is 94.9 Å². The molecule has 0 unspecified atom stereocenters. The average Bonchev–Trinajstić information content (AvgIpc) is 3.29. The van der Waals surface area contributed by atoms with Gasteiger partial charge in [0.05, 0.1) is 32.2 Å². The summed E-state index contributed by atoms with van der Waals surface area (Å²) in [5, 5.41) is 3.45. The van der Waals surface area contributed by atoms with E-state index >= 15 is 0 Å². The zero-order valence-electron chi connectivity index (χ0n) is 20.2. The summed E-state index contributed by atoms with van der Waals surface area (Å²) in [5.41, 5.74) is 2.12. The van der Waals surface area contributed by atoms with Gasteiger partial charge in [-0.2, -0.15) is 0 Å². The number of benzene rings is 2.